The third-order valence-corrected chi connectivity index (χ3v) is 4.19. The average Bonchev–Trinajstić information content (AvgIpc) is 2.84. The second-order valence-corrected chi connectivity index (χ2v) is 5.77. The van der Waals surface area contributed by atoms with Gasteiger partial charge in [0.05, 0.1) is 5.92 Å². The molecule has 2 rings (SSSR count). The Bertz CT molecular complexity index is 540. The summed E-state index contributed by atoms with van der Waals surface area (Å²) in [5.74, 6) is -0.182. The standard InChI is InChI=1S/C17H24N2O2/c1-4-5-9-18-17(21)14-10-16(20)19(11-14)15-8-6-7-12(2)13(15)3/h6-8,14H,4-5,9-11H2,1-3H3,(H,18,21). The van der Waals surface area contributed by atoms with E-state index in [2.05, 4.69) is 12.2 Å². The Hall–Kier alpha value is -1.84. The van der Waals surface area contributed by atoms with E-state index >= 15 is 0 Å². The molecule has 114 valence electrons. The van der Waals surface area contributed by atoms with Crippen LogP contribution in [0.1, 0.15) is 37.3 Å². The van der Waals surface area contributed by atoms with E-state index in [0.717, 1.165) is 29.7 Å². The molecule has 1 aliphatic rings. The molecule has 1 N–H and O–H groups in total. The highest BCUT2D eigenvalue weighted by atomic mass is 16.2. The van der Waals surface area contributed by atoms with Gasteiger partial charge in [-0.05, 0) is 37.5 Å². The number of nitrogens with one attached hydrogen (secondary N) is 1. The first-order valence-electron chi connectivity index (χ1n) is 7.69. The van der Waals surface area contributed by atoms with Crippen LogP contribution in [0.15, 0.2) is 18.2 Å². The van der Waals surface area contributed by atoms with Gasteiger partial charge in [0, 0.05) is 25.2 Å². The van der Waals surface area contributed by atoms with Crippen molar-refractivity contribution >= 4 is 17.5 Å². The second kappa shape index (κ2) is 6.74. The number of carbonyl (C=O) groups excluding carboxylic acids is 2. The number of aryl methyl sites for hydroxylation is 1. The maximum absolute atomic E-state index is 12.2. The van der Waals surface area contributed by atoms with Gasteiger partial charge in [0.2, 0.25) is 11.8 Å². The van der Waals surface area contributed by atoms with Gasteiger partial charge in [-0.3, -0.25) is 9.59 Å². The number of anilines is 1. The number of hydrogen-bond donors (Lipinski definition) is 1. The number of carbonyl (C=O) groups is 2. The monoisotopic (exact) mass is 288 g/mol. The zero-order chi connectivity index (χ0) is 15.4. The van der Waals surface area contributed by atoms with E-state index < -0.39 is 0 Å². The van der Waals surface area contributed by atoms with Gasteiger partial charge in [0.25, 0.3) is 0 Å². The number of benzene rings is 1. The molecule has 1 aromatic carbocycles. The molecular weight excluding hydrogens is 264 g/mol. The van der Waals surface area contributed by atoms with Crippen molar-refractivity contribution in [3.63, 3.8) is 0 Å². The zero-order valence-electron chi connectivity index (χ0n) is 13.1. The molecule has 0 aromatic heterocycles. The molecule has 4 heteroatoms. The Morgan fingerprint density at radius 2 is 2.14 bits per heavy atom. The van der Waals surface area contributed by atoms with Crippen molar-refractivity contribution in [2.45, 2.75) is 40.0 Å². The largest absolute Gasteiger partial charge is 0.356 e. The summed E-state index contributed by atoms with van der Waals surface area (Å²) in [5.41, 5.74) is 3.21. The van der Waals surface area contributed by atoms with E-state index in [1.165, 1.54) is 0 Å². The van der Waals surface area contributed by atoms with Gasteiger partial charge in [-0.2, -0.15) is 0 Å². The lowest BCUT2D eigenvalue weighted by Crippen LogP contribution is -2.33. The molecule has 0 bridgehead atoms. The minimum absolute atomic E-state index is 0.00426. The van der Waals surface area contributed by atoms with Gasteiger partial charge in [-0.1, -0.05) is 25.5 Å². The smallest absolute Gasteiger partial charge is 0.227 e. The van der Waals surface area contributed by atoms with Crippen LogP contribution >= 0.6 is 0 Å². The molecular formula is C17H24N2O2. The summed E-state index contributed by atoms with van der Waals surface area (Å²) >= 11 is 0. The minimum Gasteiger partial charge on any atom is -0.356 e. The summed E-state index contributed by atoms with van der Waals surface area (Å²) in [7, 11) is 0. The van der Waals surface area contributed by atoms with Crippen LogP contribution in [0, 0.1) is 19.8 Å². The fourth-order valence-corrected chi connectivity index (χ4v) is 2.68. The summed E-state index contributed by atoms with van der Waals surface area (Å²) in [6, 6.07) is 5.95. The normalized spacial score (nSPS) is 18.1. The third-order valence-electron chi connectivity index (χ3n) is 4.19. The van der Waals surface area contributed by atoms with Gasteiger partial charge < -0.3 is 10.2 Å². The van der Waals surface area contributed by atoms with Gasteiger partial charge >= 0.3 is 0 Å². The van der Waals surface area contributed by atoms with Crippen LogP contribution < -0.4 is 10.2 Å². The molecule has 1 aromatic rings. The highest BCUT2D eigenvalue weighted by Crippen LogP contribution is 2.29. The lowest BCUT2D eigenvalue weighted by Gasteiger charge is -2.20. The molecule has 0 saturated carbocycles. The Labute approximate surface area is 126 Å². The number of unbranched alkanes of at least 4 members (excludes halogenated alkanes) is 1. The second-order valence-electron chi connectivity index (χ2n) is 5.77. The summed E-state index contributed by atoms with van der Waals surface area (Å²) in [6.07, 6.45) is 2.34. The molecule has 0 radical (unpaired) electrons. The molecule has 1 atom stereocenters. The van der Waals surface area contributed by atoms with Crippen LogP contribution in [0.2, 0.25) is 0 Å². The summed E-state index contributed by atoms with van der Waals surface area (Å²) in [6.45, 7) is 7.33. The van der Waals surface area contributed by atoms with E-state index in [4.69, 9.17) is 0 Å². The van der Waals surface area contributed by atoms with Crippen molar-refractivity contribution in [1.29, 1.82) is 0 Å². The Morgan fingerprint density at radius 3 is 2.86 bits per heavy atom. The van der Waals surface area contributed by atoms with E-state index in [1.54, 1.807) is 4.90 Å². The molecule has 1 aliphatic heterocycles. The number of amides is 2. The highest BCUT2D eigenvalue weighted by molar-refractivity contribution is 6.00. The van der Waals surface area contributed by atoms with Crippen molar-refractivity contribution in [3.8, 4) is 0 Å². The summed E-state index contributed by atoms with van der Waals surface area (Å²) < 4.78 is 0. The molecule has 1 unspecified atom stereocenters. The maximum Gasteiger partial charge on any atom is 0.227 e. The van der Waals surface area contributed by atoms with Crippen molar-refractivity contribution in [1.82, 2.24) is 5.32 Å². The predicted octanol–water partition coefficient (Wildman–Crippen LogP) is 2.57. The predicted molar refractivity (Wildman–Crippen MR) is 84.3 cm³/mol. The van der Waals surface area contributed by atoms with Gasteiger partial charge in [0.1, 0.15) is 0 Å². The van der Waals surface area contributed by atoms with Crippen LogP contribution in [-0.4, -0.2) is 24.9 Å². The Morgan fingerprint density at radius 1 is 1.38 bits per heavy atom. The van der Waals surface area contributed by atoms with Crippen molar-refractivity contribution in [3.05, 3.63) is 29.3 Å². The molecule has 2 amide bonds. The first-order valence-corrected chi connectivity index (χ1v) is 7.69. The van der Waals surface area contributed by atoms with Crippen LogP contribution in [0.25, 0.3) is 0 Å². The zero-order valence-corrected chi connectivity index (χ0v) is 13.1. The quantitative estimate of drug-likeness (QED) is 0.847. The fourth-order valence-electron chi connectivity index (χ4n) is 2.68. The Balaban J connectivity index is 2.06. The van der Waals surface area contributed by atoms with E-state index in [0.29, 0.717) is 19.5 Å². The average molecular weight is 288 g/mol. The molecule has 21 heavy (non-hydrogen) atoms. The van der Waals surface area contributed by atoms with Crippen molar-refractivity contribution < 1.29 is 9.59 Å². The van der Waals surface area contributed by atoms with E-state index in [1.807, 2.05) is 32.0 Å². The summed E-state index contributed by atoms with van der Waals surface area (Å²) in [5, 5.41) is 2.93. The van der Waals surface area contributed by atoms with Crippen molar-refractivity contribution in [2.75, 3.05) is 18.0 Å². The number of hydrogen-bond acceptors (Lipinski definition) is 2. The number of rotatable bonds is 5. The van der Waals surface area contributed by atoms with Gasteiger partial charge in [-0.25, -0.2) is 0 Å². The van der Waals surface area contributed by atoms with Gasteiger partial charge in [-0.15, -0.1) is 0 Å². The molecule has 1 fully saturated rings. The lowest BCUT2D eigenvalue weighted by molar-refractivity contribution is -0.126. The van der Waals surface area contributed by atoms with Crippen molar-refractivity contribution in [2.24, 2.45) is 5.92 Å². The summed E-state index contributed by atoms with van der Waals surface area (Å²) in [4.78, 5) is 26.1. The SMILES string of the molecule is CCCCNC(=O)C1CC(=O)N(c2cccc(C)c2C)C1. The fraction of sp³-hybridized carbons (Fsp3) is 0.529. The molecule has 1 heterocycles. The molecule has 1 saturated heterocycles. The molecule has 0 aliphatic carbocycles. The van der Waals surface area contributed by atoms with Crippen LogP contribution in [0.3, 0.4) is 0 Å². The number of nitrogens with zero attached hydrogens (tertiary/aromatic N) is 1. The Kier molecular flexibility index (Phi) is 4.99. The third kappa shape index (κ3) is 3.43. The van der Waals surface area contributed by atoms with E-state index in [9.17, 15) is 9.59 Å². The molecule has 4 nitrogen and oxygen atoms in total. The van der Waals surface area contributed by atoms with Crippen LogP contribution in [0.5, 0.6) is 0 Å². The minimum atomic E-state index is -0.228. The van der Waals surface area contributed by atoms with Crippen LogP contribution in [-0.2, 0) is 9.59 Å². The first-order chi connectivity index (χ1) is 10.0. The van der Waals surface area contributed by atoms with Gasteiger partial charge in [0.15, 0.2) is 0 Å². The maximum atomic E-state index is 12.2. The first kappa shape index (κ1) is 15.5. The van der Waals surface area contributed by atoms with E-state index in [-0.39, 0.29) is 17.7 Å². The molecule has 0 spiro atoms. The lowest BCUT2D eigenvalue weighted by atomic mass is 10.1. The topological polar surface area (TPSA) is 49.4 Å². The van der Waals surface area contributed by atoms with Crippen LogP contribution in [0.4, 0.5) is 5.69 Å². The highest BCUT2D eigenvalue weighted by Gasteiger charge is 2.35.